The van der Waals surface area contributed by atoms with E-state index in [0.717, 1.165) is 37.1 Å². The van der Waals surface area contributed by atoms with E-state index in [-0.39, 0.29) is 29.7 Å². The lowest BCUT2D eigenvalue weighted by Crippen LogP contribution is -2.57. The predicted molar refractivity (Wildman–Crippen MR) is 139 cm³/mol. The van der Waals surface area contributed by atoms with Crippen molar-refractivity contribution in [1.82, 2.24) is 14.7 Å². The third-order valence-electron chi connectivity index (χ3n) is 8.11. The molecule has 0 N–H and O–H groups in total. The van der Waals surface area contributed by atoms with Gasteiger partial charge in [0.25, 0.3) is 0 Å². The first-order valence-electron chi connectivity index (χ1n) is 13.1. The molecule has 2 fully saturated rings. The van der Waals surface area contributed by atoms with Crippen LogP contribution >= 0.6 is 0 Å². The second-order valence-electron chi connectivity index (χ2n) is 10.5. The molecule has 0 aromatic heterocycles. The molecule has 2 bridgehead atoms. The molecule has 7 nitrogen and oxygen atoms in total. The standard InChI is InChI=1S/C29H36N4O3/c1-21(34)30-18-25(19-30)29(36)31-17-24-10-6-7-11-28(24)32(22(2)35)15-14-26-12-13-27(20-31)33(26)16-23-8-4-3-5-9-23/h3-11,25-27H,12-20H2,1-2H3/t26-,27+/m0/s1. The fourth-order valence-electron chi connectivity index (χ4n) is 6.05. The molecule has 2 saturated heterocycles. The second kappa shape index (κ2) is 10.4. The number of benzene rings is 2. The van der Waals surface area contributed by atoms with Crippen LogP contribution in [0, 0.1) is 5.92 Å². The lowest BCUT2D eigenvalue weighted by atomic mass is 9.97. The molecule has 0 spiro atoms. The Bertz CT molecular complexity index is 1110. The van der Waals surface area contributed by atoms with Gasteiger partial charge in [0.1, 0.15) is 0 Å². The van der Waals surface area contributed by atoms with Crippen molar-refractivity contribution in [2.45, 2.75) is 58.3 Å². The molecule has 3 amide bonds. The van der Waals surface area contributed by atoms with Crippen molar-refractivity contribution in [3.05, 3.63) is 65.7 Å². The van der Waals surface area contributed by atoms with Crippen LogP contribution in [0.2, 0.25) is 0 Å². The van der Waals surface area contributed by atoms with Gasteiger partial charge in [-0.3, -0.25) is 19.3 Å². The van der Waals surface area contributed by atoms with Crippen LogP contribution in [0.4, 0.5) is 5.69 Å². The van der Waals surface area contributed by atoms with Crippen molar-refractivity contribution in [2.24, 2.45) is 5.92 Å². The zero-order valence-electron chi connectivity index (χ0n) is 21.3. The maximum Gasteiger partial charge on any atom is 0.229 e. The van der Waals surface area contributed by atoms with E-state index < -0.39 is 0 Å². The normalized spacial score (nSPS) is 23.0. The maximum atomic E-state index is 13.8. The summed E-state index contributed by atoms with van der Waals surface area (Å²) in [7, 11) is 0. The van der Waals surface area contributed by atoms with Gasteiger partial charge in [0.05, 0.1) is 5.92 Å². The summed E-state index contributed by atoms with van der Waals surface area (Å²) in [6.45, 7) is 6.80. The highest BCUT2D eigenvalue weighted by atomic mass is 16.2. The topological polar surface area (TPSA) is 64.2 Å². The molecule has 2 aromatic carbocycles. The molecule has 0 saturated carbocycles. The summed E-state index contributed by atoms with van der Waals surface area (Å²) < 4.78 is 0. The lowest BCUT2D eigenvalue weighted by Gasteiger charge is -2.41. The molecule has 0 aliphatic carbocycles. The largest absolute Gasteiger partial charge is 0.341 e. The van der Waals surface area contributed by atoms with E-state index in [1.54, 1.807) is 18.7 Å². The highest BCUT2D eigenvalue weighted by Crippen LogP contribution is 2.33. The fraction of sp³-hybridized carbons (Fsp3) is 0.483. The van der Waals surface area contributed by atoms with Crippen molar-refractivity contribution >= 4 is 23.4 Å². The predicted octanol–water partition coefficient (Wildman–Crippen LogP) is 3.28. The zero-order valence-corrected chi connectivity index (χ0v) is 21.3. The molecule has 36 heavy (non-hydrogen) atoms. The van der Waals surface area contributed by atoms with Crippen LogP contribution in [0.25, 0.3) is 0 Å². The molecule has 3 aliphatic rings. The first-order chi connectivity index (χ1) is 17.4. The van der Waals surface area contributed by atoms with Gasteiger partial charge in [-0.15, -0.1) is 0 Å². The van der Waals surface area contributed by atoms with Crippen molar-refractivity contribution < 1.29 is 14.4 Å². The molecular formula is C29H36N4O3. The first-order valence-corrected chi connectivity index (χ1v) is 13.1. The van der Waals surface area contributed by atoms with Gasteiger partial charge >= 0.3 is 0 Å². The van der Waals surface area contributed by atoms with Crippen LogP contribution in [-0.2, 0) is 27.5 Å². The summed E-state index contributed by atoms with van der Waals surface area (Å²) in [5, 5.41) is 0. The van der Waals surface area contributed by atoms with Crippen LogP contribution in [-0.4, -0.2) is 70.7 Å². The summed E-state index contributed by atoms with van der Waals surface area (Å²) in [5.74, 6) is 0.000316. The van der Waals surface area contributed by atoms with Gasteiger partial charge in [0, 0.05) is 70.9 Å². The fourth-order valence-corrected chi connectivity index (χ4v) is 6.05. The molecule has 0 unspecified atom stereocenters. The number of fused-ring (bicyclic) bond motifs is 3. The van der Waals surface area contributed by atoms with Gasteiger partial charge in [0.15, 0.2) is 0 Å². The molecule has 190 valence electrons. The van der Waals surface area contributed by atoms with Crippen molar-refractivity contribution in [2.75, 3.05) is 31.1 Å². The Morgan fingerprint density at radius 1 is 0.778 bits per heavy atom. The quantitative estimate of drug-likeness (QED) is 0.665. The van der Waals surface area contributed by atoms with E-state index >= 15 is 0 Å². The summed E-state index contributed by atoms with van der Waals surface area (Å²) >= 11 is 0. The number of likely N-dealkylation sites (tertiary alicyclic amines) is 1. The van der Waals surface area contributed by atoms with Crippen molar-refractivity contribution in [3.8, 4) is 0 Å². The molecule has 2 aromatic rings. The van der Waals surface area contributed by atoms with Gasteiger partial charge in [-0.2, -0.15) is 0 Å². The van der Waals surface area contributed by atoms with Gasteiger partial charge in [-0.1, -0.05) is 48.5 Å². The highest BCUT2D eigenvalue weighted by Gasteiger charge is 2.40. The molecule has 3 heterocycles. The smallest absolute Gasteiger partial charge is 0.229 e. The van der Waals surface area contributed by atoms with E-state index in [1.165, 1.54) is 5.56 Å². The van der Waals surface area contributed by atoms with Gasteiger partial charge in [-0.25, -0.2) is 0 Å². The van der Waals surface area contributed by atoms with Gasteiger partial charge in [0.2, 0.25) is 17.7 Å². The van der Waals surface area contributed by atoms with Crippen LogP contribution < -0.4 is 4.90 Å². The van der Waals surface area contributed by atoms with E-state index in [0.29, 0.717) is 38.8 Å². The third-order valence-corrected chi connectivity index (χ3v) is 8.11. The van der Waals surface area contributed by atoms with E-state index in [9.17, 15) is 14.4 Å². The monoisotopic (exact) mass is 488 g/mol. The molecule has 0 radical (unpaired) electrons. The first kappa shape index (κ1) is 24.5. The summed E-state index contributed by atoms with van der Waals surface area (Å²) in [6, 6.07) is 19.1. The number of para-hydroxylation sites is 1. The molecule has 2 atom stereocenters. The SMILES string of the molecule is CC(=O)N1CC(C(=O)N2Cc3ccccc3N(C(C)=O)CC[C@@H]3CC[C@H](C2)N3Cc2ccccc2)C1. The van der Waals surface area contributed by atoms with Crippen LogP contribution in [0.15, 0.2) is 54.6 Å². The minimum Gasteiger partial charge on any atom is -0.341 e. The molecule has 5 rings (SSSR count). The number of amides is 3. The summed E-state index contributed by atoms with van der Waals surface area (Å²) in [5.41, 5.74) is 3.16. The Morgan fingerprint density at radius 2 is 1.47 bits per heavy atom. The number of hydrogen-bond donors (Lipinski definition) is 0. The number of nitrogens with zero attached hydrogens (tertiary/aromatic N) is 4. The minimum absolute atomic E-state index is 0.0200. The third kappa shape index (κ3) is 5.03. The Hall–Kier alpha value is -3.19. The van der Waals surface area contributed by atoms with E-state index in [4.69, 9.17) is 0 Å². The Morgan fingerprint density at radius 3 is 2.19 bits per heavy atom. The van der Waals surface area contributed by atoms with E-state index in [2.05, 4.69) is 29.2 Å². The van der Waals surface area contributed by atoms with Crippen molar-refractivity contribution in [3.63, 3.8) is 0 Å². The number of carbonyl (C=O) groups is 3. The average Bonchev–Trinajstić information content (AvgIpc) is 3.18. The summed E-state index contributed by atoms with van der Waals surface area (Å²) in [4.78, 5) is 46.4. The lowest BCUT2D eigenvalue weighted by molar-refractivity contribution is -0.148. The van der Waals surface area contributed by atoms with Crippen LogP contribution in [0.1, 0.15) is 44.2 Å². The molecule has 7 heteroatoms. The summed E-state index contributed by atoms with van der Waals surface area (Å²) in [6.07, 6.45) is 3.00. The van der Waals surface area contributed by atoms with Crippen LogP contribution in [0.3, 0.4) is 0 Å². The second-order valence-corrected chi connectivity index (χ2v) is 10.5. The Balaban J connectivity index is 1.47. The van der Waals surface area contributed by atoms with Crippen molar-refractivity contribution in [1.29, 1.82) is 0 Å². The molecular weight excluding hydrogens is 452 g/mol. The zero-order chi connectivity index (χ0) is 25.2. The van der Waals surface area contributed by atoms with E-state index in [1.807, 2.05) is 40.1 Å². The average molecular weight is 489 g/mol. The number of carbonyl (C=O) groups excluding carboxylic acids is 3. The highest BCUT2D eigenvalue weighted by molar-refractivity contribution is 5.92. The van der Waals surface area contributed by atoms with Gasteiger partial charge in [-0.05, 0) is 36.5 Å². The minimum atomic E-state index is -0.158. The maximum absolute atomic E-state index is 13.8. The van der Waals surface area contributed by atoms with Gasteiger partial charge < -0.3 is 14.7 Å². The Labute approximate surface area is 213 Å². The van der Waals surface area contributed by atoms with Crippen LogP contribution in [0.5, 0.6) is 0 Å². The number of anilines is 1. The Kier molecular flexibility index (Phi) is 7.10. The number of rotatable bonds is 3. The molecule has 3 aliphatic heterocycles. The number of hydrogen-bond acceptors (Lipinski definition) is 4.